The van der Waals surface area contributed by atoms with Crippen molar-refractivity contribution in [3.63, 3.8) is 0 Å². The average Bonchev–Trinajstić information content (AvgIpc) is 2.75. The van der Waals surface area contributed by atoms with Gasteiger partial charge in [-0.05, 0) is 29.2 Å². The van der Waals surface area contributed by atoms with Gasteiger partial charge >= 0.3 is 0 Å². The summed E-state index contributed by atoms with van der Waals surface area (Å²) in [7, 11) is 0. The van der Waals surface area contributed by atoms with Crippen molar-refractivity contribution >= 4 is 0 Å². The number of aliphatic hydroxyl groups excluding tert-OH is 1. The minimum Gasteiger partial charge on any atom is -0.491 e. The number of hydrogen-bond acceptors (Lipinski definition) is 3. The highest BCUT2D eigenvalue weighted by Crippen LogP contribution is 2.19. The van der Waals surface area contributed by atoms with E-state index in [9.17, 15) is 5.11 Å². The number of benzene rings is 3. The van der Waals surface area contributed by atoms with Gasteiger partial charge in [0.25, 0.3) is 0 Å². The van der Waals surface area contributed by atoms with E-state index in [0.717, 1.165) is 30.8 Å². The molecule has 0 saturated heterocycles. The molecule has 3 heteroatoms. The van der Waals surface area contributed by atoms with E-state index in [4.69, 9.17) is 4.74 Å². The van der Waals surface area contributed by atoms with E-state index in [0.29, 0.717) is 6.54 Å². The Hall–Kier alpha value is -2.88. The summed E-state index contributed by atoms with van der Waals surface area (Å²) in [5.74, 6) is 0.809. The second-order valence-electron chi connectivity index (χ2n) is 7.21. The molecule has 29 heavy (non-hydrogen) atoms. The molecular formula is C26H29NO2. The third-order valence-electron chi connectivity index (χ3n) is 4.74. The molecule has 0 aliphatic carbocycles. The van der Waals surface area contributed by atoms with E-state index in [1.807, 2.05) is 66.7 Å². The van der Waals surface area contributed by atoms with E-state index in [-0.39, 0.29) is 6.61 Å². The zero-order valence-electron chi connectivity index (χ0n) is 16.8. The SMILES string of the molecule is C=CCc1ccccc1OC[C@@H](O)CN(Cc1ccccc1)Cc1ccccc1. The van der Waals surface area contributed by atoms with E-state index in [2.05, 4.69) is 35.7 Å². The van der Waals surface area contributed by atoms with E-state index in [1.165, 1.54) is 11.1 Å². The molecule has 0 aliphatic rings. The fourth-order valence-corrected chi connectivity index (χ4v) is 3.37. The molecule has 1 N–H and O–H groups in total. The maximum Gasteiger partial charge on any atom is 0.122 e. The summed E-state index contributed by atoms with van der Waals surface area (Å²) in [6.45, 7) is 6.15. The van der Waals surface area contributed by atoms with Crippen LogP contribution in [-0.2, 0) is 19.5 Å². The normalized spacial score (nSPS) is 11.9. The van der Waals surface area contributed by atoms with Crippen LogP contribution in [0, 0.1) is 0 Å². The molecule has 0 unspecified atom stereocenters. The number of rotatable bonds is 11. The zero-order valence-corrected chi connectivity index (χ0v) is 16.8. The molecular weight excluding hydrogens is 358 g/mol. The Morgan fingerprint density at radius 2 is 1.38 bits per heavy atom. The summed E-state index contributed by atoms with van der Waals surface area (Å²) < 4.78 is 5.93. The smallest absolute Gasteiger partial charge is 0.122 e. The lowest BCUT2D eigenvalue weighted by molar-refractivity contribution is 0.0626. The van der Waals surface area contributed by atoms with Crippen LogP contribution in [0.4, 0.5) is 0 Å². The molecule has 0 spiro atoms. The maximum atomic E-state index is 10.7. The number of aliphatic hydroxyl groups is 1. The standard InChI is InChI=1S/C26H29NO2/c1-2-11-24-16-9-10-17-26(24)29-21-25(28)20-27(18-22-12-5-3-6-13-22)19-23-14-7-4-8-15-23/h2-10,12-17,25,28H,1,11,18-21H2/t25-/m0/s1. The highest BCUT2D eigenvalue weighted by atomic mass is 16.5. The van der Waals surface area contributed by atoms with Crippen molar-refractivity contribution in [3.8, 4) is 5.75 Å². The monoisotopic (exact) mass is 387 g/mol. The predicted octanol–water partition coefficient (Wildman–Crippen LogP) is 4.86. The minimum atomic E-state index is -0.584. The molecule has 3 aromatic rings. The van der Waals surface area contributed by atoms with E-state index >= 15 is 0 Å². The topological polar surface area (TPSA) is 32.7 Å². The van der Waals surface area contributed by atoms with Gasteiger partial charge in [-0.25, -0.2) is 0 Å². The van der Waals surface area contributed by atoms with Crippen LogP contribution in [0.1, 0.15) is 16.7 Å². The van der Waals surface area contributed by atoms with Crippen LogP contribution in [0.3, 0.4) is 0 Å². The molecule has 0 bridgehead atoms. The quantitative estimate of drug-likeness (QED) is 0.477. The number of allylic oxidation sites excluding steroid dienone is 1. The van der Waals surface area contributed by atoms with E-state index < -0.39 is 6.10 Å². The summed E-state index contributed by atoms with van der Waals surface area (Å²) in [6, 6.07) is 28.6. The molecule has 0 fully saturated rings. The average molecular weight is 388 g/mol. The lowest BCUT2D eigenvalue weighted by Gasteiger charge is -2.25. The number of hydrogen-bond donors (Lipinski definition) is 1. The Labute approximate surface area is 173 Å². The Morgan fingerprint density at radius 3 is 1.97 bits per heavy atom. The maximum absolute atomic E-state index is 10.7. The van der Waals surface area contributed by atoms with Gasteiger partial charge in [0.05, 0.1) is 0 Å². The summed E-state index contributed by atoms with van der Waals surface area (Å²) in [5.41, 5.74) is 3.54. The minimum absolute atomic E-state index is 0.258. The lowest BCUT2D eigenvalue weighted by Crippen LogP contribution is -2.35. The van der Waals surface area contributed by atoms with Crippen LogP contribution in [0.2, 0.25) is 0 Å². The molecule has 3 nitrogen and oxygen atoms in total. The Bertz CT molecular complexity index is 823. The highest BCUT2D eigenvalue weighted by Gasteiger charge is 2.14. The van der Waals surface area contributed by atoms with Gasteiger partial charge in [-0.2, -0.15) is 0 Å². The van der Waals surface area contributed by atoms with Gasteiger partial charge < -0.3 is 9.84 Å². The van der Waals surface area contributed by atoms with Gasteiger partial charge in [0.15, 0.2) is 0 Å². The molecule has 0 aromatic heterocycles. The number of nitrogens with zero attached hydrogens (tertiary/aromatic N) is 1. The van der Waals surface area contributed by atoms with Crippen molar-refractivity contribution in [2.24, 2.45) is 0 Å². The number of para-hydroxylation sites is 1. The van der Waals surface area contributed by atoms with Crippen molar-refractivity contribution in [1.29, 1.82) is 0 Å². The summed E-state index contributed by atoms with van der Waals surface area (Å²) in [5, 5.41) is 10.7. The first-order valence-electron chi connectivity index (χ1n) is 10.0. The predicted molar refractivity (Wildman–Crippen MR) is 119 cm³/mol. The van der Waals surface area contributed by atoms with Gasteiger partial charge in [0.1, 0.15) is 18.5 Å². The van der Waals surface area contributed by atoms with Gasteiger partial charge in [-0.15, -0.1) is 6.58 Å². The van der Waals surface area contributed by atoms with Crippen LogP contribution < -0.4 is 4.74 Å². The lowest BCUT2D eigenvalue weighted by atomic mass is 10.1. The molecule has 1 atom stereocenters. The molecule has 150 valence electrons. The van der Waals surface area contributed by atoms with Crippen LogP contribution >= 0.6 is 0 Å². The first-order valence-corrected chi connectivity index (χ1v) is 10.0. The Kier molecular flexibility index (Phi) is 8.05. The first kappa shape index (κ1) is 20.8. The van der Waals surface area contributed by atoms with Crippen molar-refractivity contribution in [2.45, 2.75) is 25.6 Å². The summed E-state index contributed by atoms with van der Waals surface area (Å²) >= 11 is 0. The molecule has 0 radical (unpaired) electrons. The number of ether oxygens (including phenoxy) is 1. The largest absolute Gasteiger partial charge is 0.491 e. The third-order valence-corrected chi connectivity index (χ3v) is 4.74. The molecule has 3 aromatic carbocycles. The van der Waals surface area contributed by atoms with Crippen molar-refractivity contribution in [2.75, 3.05) is 13.2 Å². The second-order valence-corrected chi connectivity index (χ2v) is 7.21. The summed E-state index contributed by atoms with van der Waals surface area (Å²) in [6.07, 6.45) is 2.03. The van der Waals surface area contributed by atoms with Crippen molar-refractivity contribution in [1.82, 2.24) is 4.90 Å². The van der Waals surface area contributed by atoms with Crippen LogP contribution in [-0.4, -0.2) is 29.3 Å². The Balaban J connectivity index is 1.62. The fourth-order valence-electron chi connectivity index (χ4n) is 3.37. The molecule has 0 heterocycles. The van der Waals surface area contributed by atoms with Gasteiger partial charge in [0, 0.05) is 19.6 Å². The van der Waals surface area contributed by atoms with Crippen LogP contribution in [0.5, 0.6) is 5.75 Å². The van der Waals surface area contributed by atoms with Crippen molar-refractivity contribution < 1.29 is 9.84 Å². The molecule has 0 aliphatic heterocycles. The molecule has 3 rings (SSSR count). The van der Waals surface area contributed by atoms with Gasteiger partial charge in [-0.1, -0.05) is 84.9 Å². The van der Waals surface area contributed by atoms with Crippen molar-refractivity contribution in [3.05, 3.63) is 114 Å². The first-order chi connectivity index (χ1) is 14.2. The van der Waals surface area contributed by atoms with Crippen LogP contribution in [0.15, 0.2) is 97.6 Å². The summed E-state index contributed by atoms with van der Waals surface area (Å²) in [4.78, 5) is 2.26. The Morgan fingerprint density at radius 1 is 0.828 bits per heavy atom. The van der Waals surface area contributed by atoms with E-state index in [1.54, 1.807) is 0 Å². The fraction of sp³-hybridized carbons (Fsp3) is 0.231. The highest BCUT2D eigenvalue weighted by molar-refractivity contribution is 5.34. The van der Waals surface area contributed by atoms with Gasteiger partial charge in [0.2, 0.25) is 0 Å². The zero-order chi connectivity index (χ0) is 20.3. The second kappa shape index (κ2) is 11.2. The molecule has 0 saturated carbocycles. The van der Waals surface area contributed by atoms with Crippen LogP contribution in [0.25, 0.3) is 0 Å². The third kappa shape index (κ3) is 6.90. The molecule has 0 amide bonds. The van der Waals surface area contributed by atoms with Gasteiger partial charge in [-0.3, -0.25) is 4.90 Å².